The molecule has 0 atom stereocenters. The second kappa shape index (κ2) is 9.30. The topological polar surface area (TPSA) is 65.2 Å². The highest BCUT2D eigenvalue weighted by molar-refractivity contribution is 5.93. The number of rotatable bonds is 4. The van der Waals surface area contributed by atoms with Crippen LogP contribution in [-0.4, -0.2) is 52.7 Å². The number of nitriles is 1. The lowest BCUT2D eigenvalue weighted by molar-refractivity contribution is 0.0257. The predicted octanol–water partition coefficient (Wildman–Crippen LogP) is 5.16. The molecule has 6 nitrogen and oxygen atoms in total. The van der Waals surface area contributed by atoms with Gasteiger partial charge in [-0.3, -0.25) is 4.79 Å². The molecule has 2 aromatic carbocycles. The normalized spacial score (nSPS) is 17.3. The van der Waals surface area contributed by atoms with Gasteiger partial charge in [0.25, 0.3) is 11.8 Å². The summed E-state index contributed by atoms with van der Waals surface area (Å²) >= 11 is 0. The van der Waals surface area contributed by atoms with Crippen LogP contribution >= 0.6 is 0 Å². The average molecular weight is 497 g/mol. The zero-order valence-corrected chi connectivity index (χ0v) is 19.4. The molecule has 5 rings (SSSR count). The van der Waals surface area contributed by atoms with E-state index in [4.69, 9.17) is 5.26 Å². The third kappa shape index (κ3) is 4.53. The fraction of sp³-hybridized carbons (Fsp3) is 0.346. The Morgan fingerprint density at radius 1 is 0.972 bits per heavy atom. The monoisotopic (exact) mass is 497 g/mol. The van der Waals surface area contributed by atoms with E-state index in [1.165, 1.54) is 39.9 Å². The maximum absolute atomic E-state index is 15.4. The lowest BCUT2D eigenvalue weighted by Crippen LogP contribution is -2.35. The van der Waals surface area contributed by atoms with Crippen molar-refractivity contribution in [2.75, 3.05) is 31.1 Å². The minimum absolute atomic E-state index is 0.0119. The number of likely N-dealkylation sites (tertiary alicyclic amines) is 1. The maximum atomic E-state index is 15.4. The van der Waals surface area contributed by atoms with Crippen LogP contribution in [0.1, 0.15) is 41.7 Å². The van der Waals surface area contributed by atoms with E-state index in [1.807, 2.05) is 0 Å². The third-order valence-corrected chi connectivity index (χ3v) is 6.65. The number of hydrogen-bond acceptors (Lipinski definition) is 4. The SMILES string of the molecule is N#Cc1ccc(-c2cc(C(=O)N3CCCCC3)nn2-c2ccc(N3CCC(F)(F)C3)cc2F)cc1F. The largest absolute Gasteiger partial charge is 0.365 e. The van der Waals surface area contributed by atoms with Gasteiger partial charge in [-0.15, -0.1) is 0 Å². The molecule has 2 saturated heterocycles. The van der Waals surface area contributed by atoms with E-state index in [0.717, 1.165) is 31.4 Å². The Hall–Kier alpha value is -3.87. The molecule has 2 fully saturated rings. The molecule has 2 aliphatic heterocycles. The van der Waals surface area contributed by atoms with Crippen molar-refractivity contribution in [3.8, 4) is 23.0 Å². The van der Waals surface area contributed by atoms with E-state index in [2.05, 4.69) is 5.10 Å². The van der Waals surface area contributed by atoms with Gasteiger partial charge < -0.3 is 9.80 Å². The first-order valence-electron chi connectivity index (χ1n) is 11.8. The molecule has 1 amide bonds. The summed E-state index contributed by atoms with van der Waals surface area (Å²) in [5.74, 6) is -4.61. The van der Waals surface area contributed by atoms with Crippen LogP contribution in [0.2, 0.25) is 0 Å². The highest BCUT2D eigenvalue weighted by atomic mass is 19.3. The van der Waals surface area contributed by atoms with Crippen molar-refractivity contribution < 1.29 is 22.4 Å². The number of alkyl halides is 2. The first-order chi connectivity index (χ1) is 17.3. The summed E-state index contributed by atoms with van der Waals surface area (Å²) in [7, 11) is 0. The molecule has 1 aromatic heterocycles. The lowest BCUT2D eigenvalue weighted by atomic mass is 10.1. The van der Waals surface area contributed by atoms with Gasteiger partial charge in [0, 0.05) is 37.3 Å². The number of hydrogen-bond donors (Lipinski definition) is 0. The van der Waals surface area contributed by atoms with Crippen LogP contribution in [0.3, 0.4) is 0 Å². The number of anilines is 1. The van der Waals surface area contributed by atoms with Crippen LogP contribution in [0, 0.1) is 23.0 Å². The Bertz CT molecular complexity index is 1360. The summed E-state index contributed by atoms with van der Waals surface area (Å²) in [5, 5.41) is 13.4. The van der Waals surface area contributed by atoms with Gasteiger partial charge in [0.15, 0.2) is 11.5 Å². The molecule has 0 radical (unpaired) electrons. The van der Waals surface area contributed by atoms with Crippen LogP contribution in [0.15, 0.2) is 42.5 Å². The van der Waals surface area contributed by atoms with Gasteiger partial charge in [-0.2, -0.15) is 10.4 Å². The van der Waals surface area contributed by atoms with Crippen molar-refractivity contribution in [1.29, 1.82) is 5.26 Å². The molecular formula is C26H23F4N5O. The molecule has 186 valence electrons. The minimum atomic E-state index is -2.83. The number of amides is 1. The molecule has 0 aliphatic carbocycles. The molecule has 0 bridgehead atoms. The number of aromatic nitrogens is 2. The van der Waals surface area contributed by atoms with Crippen LogP contribution in [-0.2, 0) is 0 Å². The van der Waals surface area contributed by atoms with Gasteiger partial charge in [0.2, 0.25) is 0 Å². The number of halogens is 4. The van der Waals surface area contributed by atoms with E-state index in [0.29, 0.717) is 24.3 Å². The standard InChI is InChI=1S/C26H23F4N5O/c27-20-12-17(4-5-18(20)15-31)24-14-22(25(36)33-9-2-1-3-10-33)32-35(24)23-7-6-19(13-21(23)28)34-11-8-26(29,30)16-34/h4-7,12-14H,1-3,8-11,16H2. The van der Waals surface area contributed by atoms with E-state index >= 15 is 4.39 Å². The van der Waals surface area contributed by atoms with E-state index in [9.17, 15) is 18.0 Å². The van der Waals surface area contributed by atoms with Gasteiger partial charge in [0.05, 0.1) is 17.8 Å². The quantitative estimate of drug-likeness (QED) is 0.467. The van der Waals surface area contributed by atoms with Gasteiger partial charge in [0.1, 0.15) is 17.6 Å². The molecule has 3 aromatic rings. The van der Waals surface area contributed by atoms with E-state index < -0.39 is 24.1 Å². The van der Waals surface area contributed by atoms with Gasteiger partial charge >= 0.3 is 0 Å². The Morgan fingerprint density at radius 3 is 2.39 bits per heavy atom. The zero-order valence-electron chi connectivity index (χ0n) is 19.4. The van der Waals surface area contributed by atoms with Crippen molar-refractivity contribution in [2.24, 2.45) is 0 Å². The molecule has 36 heavy (non-hydrogen) atoms. The number of carbonyl (C=O) groups is 1. The maximum Gasteiger partial charge on any atom is 0.274 e. The van der Waals surface area contributed by atoms with Crippen molar-refractivity contribution in [2.45, 2.75) is 31.6 Å². The summed E-state index contributed by atoms with van der Waals surface area (Å²) in [6.07, 6.45) is 2.50. The first kappa shape index (κ1) is 23.9. The number of piperidine rings is 1. The molecular weight excluding hydrogens is 474 g/mol. The van der Waals surface area contributed by atoms with Crippen LogP contribution in [0.5, 0.6) is 0 Å². The van der Waals surface area contributed by atoms with Crippen LogP contribution in [0.25, 0.3) is 16.9 Å². The second-order valence-electron chi connectivity index (χ2n) is 9.15. The number of benzene rings is 2. The van der Waals surface area contributed by atoms with Crippen molar-refractivity contribution in [1.82, 2.24) is 14.7 Å². The van der Waals surface area contributed by atoms with E-state index in [1.54, 1.807) is 11.0 Å². The zero-order chi connectivity index (χ0) is 25.4. The third-order valence-electron chi connectivity index (χ3n) is 6.65. The predicted molar refractivity (Wildman–Crippen MR) is 125 cm³/mol. The van der Waals surface area contributed by atoms with Crippen LogP contribution in [0.4, 0.5) is 23.2 Å². The van der Waals surface area contributed by atoms with Gasteiger partial charge in [-0.1, -0.05) is 6.07 Å². The fourth-order valence-corrected chi connectivity index (χ4v) is 4.72. The Labute approximate surface area is 205 Å². The Morgan fingerprint density at radius 2 is 1.75 bits per heavy atom. The molecule has 0 spiro atoms. The molecule has 10 heteroatoms. The summed E-state index contributed by atoms with van der Waals surface area (Å²) < 4.78 is 58.3. The molecule has 0 N–H and O–H groups in total. The number of nitrogens with zero attached hydrogens (tertiary/aromatic N) is 5. The van der Waals surface area contributed by atoms with Gasteiger partial charge in [-0.05, 0) is 55.7 Å². The van der Waals surface area contributed by atoms with Crippen molar-refractivity contribution in [3.05, 3.63) is 65.4 Å². The fourth-order valence-electron chi connectivity index (χ4n) is 4.72. The highest BCUT2D eigenvalue weighted by Crippen LogP contribution is 2.33. The Balaban J connectivity index is 1.56. The second-order valence-corrected chi connectivity index (χ2v) is 9.15. The molecule has 2 aliphatic rings. The summed E-state index contributed by atoms with van der Waals surface area (Å²) in [5.41, 5.74) is 0.808. The first-order valence-corrected chi connectivity index (χ1v) is 11.8. The summed E-state index contributed by atoms with van der Waals surface area (Å²) in [6.45, 7) is 0.807. The summed E-state index contributed by atoms with van der Waals surface area (Å²) in [6, 6.07) is 11.3. The molecule has 0 unspecified atom stereocenters. The Kier molecular flexibility index (Phi) is 6.16. The van der Waals surface area contributed by atoms with Crippen molar-refractivity contribution >= 4 is 11.6 Å². The molecule has 3 heterocycles. The van der Waals surface area contributed by atoms with Crippen LogP contribution < -0.4 is 4.90 Å². The minimum Gasteiger partial charge on any atom is -0.365 e. The average Bonchev–Trinajstić information content (AvgIpc) is 3.47. The smallest absolute Gasteiger partial charge is 0.274 e. The molecule has 0 saturated carbocycles. The highest BCUT2D eigenvalue weighted by Gasteiger charge is 2.38. The summed E-state index contributed by atoms with van der Waals surface area (Å²) in [4.78, 5) is 16.2. The number of carbonyl (C=O) groups excluding carboxylic acids is 1. The van der Waals surface area contributed by atoms with E-state index in [-0.39, 0.29) is 41.5 Å². The van der Waals surface area contributed by atoms with Crippen molar-refractivity contribution in [3.63, 3.8) is 0 Å². The van der Waals surface area contributed by atoms with Gasteiger partial charge in [-0.25, -0.2) is 22.2 Å². The lowest BCUT2D eigenvalue weighted by Gasteiger charge is -2.25.